The zero-order valence-electron chi connectivity index (χ0n) is 11.1. The number of benzene rings is 1. The number of halogens is 1. The summed E-state index contributed by atoms with van der Waals surface area (Å²) in [7, 11) is -1.61. The summed E-state index contributed by atoms with van der Waals surface area (Å²) in [5.74, 6) is 0. The molecule has 104 valence electrons. The molecule has 0 fully saturated rings. The van der Waals surface area contributed by atoms with E-state index < -0.39 is 10.0 Å². The maximum atomic E-state index is 12.1. The standard InChI is InChI=1S/C12H20N2O2S.ClH/c1-9-5-6-10(2)12(7-9)17(15,16)14-8-11(3)13-4;/h5-7,11,13-14H,8H2,1-4H3;1H. The lowest BCUT2D eigenvalue weighted by Crippen LogP contribution is -2.37. The summed E-state index contributed by atoms with van der Waals surface area (Å²) in [5, 5.41) is 2.99. The van der Waals surface area contributed by atoms with Crippen molar-refractivity contribution in [2.24, 2.45) is 0 Å². The summed E-state index contributed by atoms with van der Waals surface area (Å²) in [6.45, 7) is 5.99. The van der Waals surface area contributed by atoms with Crippen molar-refractivity contribution >= 4 is 22.4 Å². The first-order chi connectivity index (χ1) is 7.86. The molecule has 1 rings (SSSR count). The van der Waals surface area contributed by atoms with Gasteiger partial charge in [-0.05, 0) is 45.0 Å². The molecule has 0 radical (unpaired) electrons. The first-order valence-corrected chi connectivity index (χ1v) is 7.09. The average Bonchev–Trinajstić information content (AvgIpc) is 2.29. The third kappa shape index (κ3) is 4.57. The van der Waals surface area contributed by atoms with Crippen molar-refractivity contribution in [1.82, 2.24) is 10.0 Å². The molecule has 0 bridgehead atoms. The van der Waals surface area contributed by atoms with Crippen LogP contribution in [0.15, 0.2) is 23.1 Å². The molecule has 1 unspecified atom stereocenters. The van der Waals surface area contributed by atoms with E-state index in [4.69, 9.17) is 0 Å². The van der Waals surface area contributed by atoms with Crippen LogP contribution in [0.4, 0.5) is 0 Å². The van der Waals surface area contributed by atoms with Gasteiger partial charge in [-0.2, -0.15) is 0 Å². The Morgan fingerprint density at radius 3 is 2.44 bits per heavy atom. The molecule has 6 heteroatoms. The van der Waals surface area contributed by atoms with E-state index in [9.17, 15) is 8.42 Å². The molecule has 0 aliphatic heterocycles. The molecule has 0 heterocycles. The van der Waals surface area contributed by atoms with E-state index in [1.807, 2.05) is 26.0 Å². The zero-order chi connectivity index (χ0) is 13.1. The highest BCUT2D eigenvalue weighted by molar-refractivity contribution is 7.89. The van der Waals surface area contributed by atoms with Crippen molar-refractivity contribution in [3.8, 4) is 0 Å². The van der Waals surface area contributed by atoms with Crippen LogP contribution in [0.5, 0.6) is 0 Å². The van der Waals surface area contributed by atoms with E-state index in [2.05, 4.69) is 10.0 Å². The molecule has 0 saturated heterocycles. The van der Waals surface area contributed by atoms with Gasteiger partial charge in [-0.25, -0.2) is 13.1 Å². The van der Waals surface area contributed by atoms with Crippen molar-refractivity contribution in [2.75, 3.05) is 13.6 Å². The van der Waals surface area contributed by atoms with Crippen LogP contribution in [-0.2, 0) is 10.0 Å². The lowest BCUT2D eigenvalue weighted by atomic mass is 10.2. The van der Waals surface area contributed by atoms with E-state index >= 15 is 0 Å². The third-order valence-electron chi connectivity index (χ3n) is 2.71. The molecule has 1 aromatic rings. The second-order valence-electron chi connectivity index (χ2n) is 4.31. The van der Waals surface area contributed by atoms with Gasteiger partial charge in [-0.1, -0.05) is 12.1 Å². The Hall–Kier alpha value is -0.620. The van der Waals surface area contributed by atoms with E-state index in [-0.39, 0.29) is 18.4 Å². The number of sulfonamides is 1. The monoisotopic (exact) mass is 292 g/mol. The highest BCUT2D eigenvalue weighted by Gasteiger charge is 2.17. The summed E-state index contributed by atoms with van der Waals surface area (Å²) < 4.78 is 26.8. The predicted molar refractivity (Wildman–Crippen MR) is 76.9 cm³/mol. The topological polar surface area (TPSA) is 58.2 Å². The van der Waals surface area contributed by atoms with Gasteiger partial charge in [-0.15, -0.1) is 12.4 Å². The summed E-state index contributed by atoms with van der Waals surface area (Å²) in [4.78, 5) is 0.362. The fourth-order valence-electron chi connectivity index (χ4n) is 1.41. The minimum atomic E-state index is -3.41. The predicted octanol–water partition coefficient (Wildman–Crippen LogP) is 1.61. The quantitative estimate of drug-likeness (QED) is 0.867. The van der Waals surface area contributed by atoms with Gasteiger partial charge < -0.3 is 5.32 Å². The van der Waals surface area contributed by atoms with Gasteiger partial charge in [0.05, 0.1) is 4.90 Å². The number of hydrogen-bond acceptors (Lipinski definition) is 3. The second-order valence-corrected chi connectivity index (χ2v) is 6.05. The number of rotatable bonds is 5. The van der Waals surface area contributed by atoms with E-state index in [1.165, 1.54) is 0 Å². The lowest BCUT2D eigenvalue weighted by Gasteiger charge is -2.13. The highest BCUT2D eigenvalue weighted by Crippen LogP contribution is 2.16. The Labute approximate surface area is 116 Å². The van der Waals surface area contributed by atoms with Crippen molar-refractivity contribution in [3.05, 3.63) is 29.3 Å². The molecule has 18 heavy (non-hydrogen) atoms. The maximum Gasteiger partial charge on any atom is 0.240 e. The molecule has 0 amide bonds. The number of aryl methyl sites for hydroxylation is 2. The largest absolute Gasteiger partial charge is 0.316 e. The van der Waals surface area contributed by atoms with Gasteiger partial charge >= 0.3 is 0 Å². The first-order valence-electron chi connectivity index (χ1n) is 5.61. The Kier molecular flexibility index (Phi) is 6.84. The molecule has 4 nitrogen and oxygen atoms in total. The van der Waals surface area contributed by atoms with Gasteiger partial charge in [0, 0.05) is 12.6 Å². The van der Waals surface area contributed by atoms with Gasteiger partial charge in [0.2, 0.25) is 10.0 Å². The van der Waals surface area contributed by atoms with E-state index in [1.54, 1.807) is 20.0 Å². The van der Waals surface area contributed by atoms with Crippen LogP contribution >= 0.6 is 12.4 Å². The first kappa shape index (κ1) is 17.4. The Morgan fingerprint density at radius 1 is 1.28 bits per heavy atom. The molecule has 0 saturated carbocycles. The van der Waals surface area contributed by atoms with Crippen molar-refractivity contribution in [1.29, 1.82) is 0 Å². The average molecular weight is 293 g/mol. The fraction of sp³-hybridized carbons (Fsp3) is 0.500. The lowest BCUT2D eigenvalue weighted by molar-refractivity contribution is 0.554. The Morgan fingerprint density at radius 2 is 1.89 bits per heavy atom. The van der Waals surface area contributed by atoms with E-state index in [0.717, 1.165) is 11.1 Å². The molecule has 0 aliphatic rings. The molecule has 1 atom stereocenters. The molecule has 1 aromatic carbocycles. The minimum absolute atomic E-state index is 0. The molecule has 0 aromatic heterocycles. The van der Waals surface area contributed by atoms with Crippen LogP contribution in [-0.4, -0.2) is 28.1 Å². The van der Waals surface area contributed by atoms with Crippen LogP contribution in [0.25, 0.3) is 0 Å². The maximum absolute atomic E-state index is 12.1. The Balaban J connectivity index is 0.00000289. The van der Waals surface area contributed by atoms with Crippen LogP contribution in [0, 0.1) is 13.8 Å². The highest BCUT2D eigenvalue weighted by atomic mass is 35.5. The molecular weight excluding hydrogens is 272 g/mol. The van der Waals surface area contributed by atoms with Crippen LogP contribution in [0.3, 0.4) is 0 Å². The van der Waals surface area contributed by atoms with Gasteiger partial charge in [0.25, 0.3) is 0 Å². The number of likely N-dealkylation sites (N-methyl/N-ethyl adjacent to an activating group) is 1. The molecule has 0 spiro atoms. The number of hydrogen-bond donors (Lipinski definition) is 2. The smallest absolute Gasteiger partial charge is 0.240 e. The van der Waals surface area contributed by atoms with Crippen LogP contribution in [0.1, 0.15) is 18.1 Å². The molecular formula is C12H21ClN2O2S. The zero-order valence-corrected chi connectivity index (χ0v) is 12.8. The summed E-state index contributed by atoms with van der Waals surface area (Å²) in [6.07, 6.45) is 0. The third-order valence-corrected chi connectivity index (χ3v) is 4.27. The summed E-state index contributed by atoms with van der Waals surface area (Å²) in [5.41, 5.74) is 1.71. The van der Waals surface area contributed by atoms with Crippen LogP contribution in [0.2, 0.25) is 0 Å². The van der Waals surface area contributed by atoms with Gasteiger partial charge in [-0.3, -0.25) is 0 Å². The Bertz CT molecular complexity index is 489. The molecule has 0 aliphatic carbocycles. The second kappa shape index (κ2) is 7.09. The van der Waals surface area contributed by atoms with Crippen molar-refractivity contribution in [2.45, 2.75) is 31.7 Å². The summed E-state index contributed by atoms with van der Waals surface area (Å²) in [6, 6.07) is 5.53. The summed E-state index contributed by atoms with van der Waals surface area (Å²) >= 11 is 0. The minimum Gasteiger partial charge on any atom is -0.316 e. The van der Waals surface area contributed by atoms with Gasteiger partial charge in [0.1, 0.15) is 0 Å². The molecule has 2 N–H and O–H groups in total. The number of nitrogens with one attached hydrogen (secondary N) is 2. The normalized spacial score (nSPS) is 12.9. The fourth-order valence-corrected chi connectivity index (χ4v) is 2.87. The van der Waals surface area contributed by atoms with Gasteiger partial charge in [0.15, 0.2) is 0 Å². The van der Waals surface area contributed by atoms with Crippen LogP contribution < -0.4 is 10.0 Å². The van der Waals surface area contributed by atoms with E-state index in [0.29, 0.717) is 11.4 Å². The SMILES string of the molecule is CNC(C)CNS(=O)(=O)c1cc(C)ccc1C.Cl. The van der Waals surface area contributed by atoms with Crippen molar-refractivity contribution < 1.29 is 8.42 Å². The van der Waals surface area contributed by atoms with Crippen molar-refractivity contribution in [3.63, 3.8) is 0 Å².